The number of ether oxygens (including phenoxy) is 2. The largest absolute Gasteiger partial charge is 0.493 e. The van der Waals surface area contributed by atoms with Crippen LogP contribution in [0.3, 0.4) is 0 Å². The first kappa shape index (κ1) is 30.4. The maximum atomic E-state index is 13.3. The summed E-state index contributed by atoms with van der Waals surface area (Å²) in [6, 6.07) is 16.2. The van der Waals surface area contributed by atoms with Crippen molar-refractivity contribution < 1.29 is 37.0 Å². The van der Waals surface area contributed by atoms with Gasteiger partial charge in [0.1, 0.15) is 12.2 Å². The Morgan fingerprint density at radius 1 is 1.02 bits per heavy atom. The quantitative estimate of drug-likeness (QED) is 0.126. The fourth-order valence-corrected chi connectivity index (χ4v) is 5.63. The lowest BCUT2D eigenvalue weighted by atomic mass is 10.0. The second-order valence-electron chi connectivity index (χ2n) is 9.53. The van der Waals surface area contributed by atoms with Crippen LogP contribution in [-0.2, 0) is 22.4 Å². The first-order valence-electron chi connectivity index (χ1n) is 12.6. The van der Waals surface area contributed by atoms with Gasteiger partial charge in [-0.2, -0.15) is 13.2 Å². The van der Waals surface area contributed by atoms with E-state index in [1.165, 1.54) is 13.2 Å². The molecule has 220 valence electrons. The number of aryl methyl sites for hydroxylation is 1. The third-order valence-corrected chi connectivity index (χ3v) is 7.94. The lowest BCUT2D eigenvalue weighted by molar-refractivity contribution is -0.137. The van der Waals surface area contributed by atoms with Gasteiger partial charge < -0.3 is 9.47 Å². The summed E-state index contributed by atoms with van der Waals surface area (Å²) < 4.78 is 52.4. The molecule has 1 aliphatic heterocycles. The Bertz CT molecular complexity index is 1840. The van der Waals surface area contributed by atoms with E-state index in [9.17, 15) is 27.6 Å². The van der Waals surface area contributed by atoms with E-state index in [0.29, 0.717) is 31.6 Å². The molecule has 7 nitrogen and oxygen atoms in total. The molecule has 0 saturated carbocycles. The van der Waals surface area contributed by atoms with Crippen LogP contribution >= 0.6 is 34.2 Å². The summed E-state index contributed by atoms with van der Waals surface area (Å²) in [5.41, 5.74) is 0.268. The molecule has 0 aliphatic carbocycles. The number of alkyl halides is 3. The predicted octanol–water partition coefficient (Wildman–Crippen LogP) is 7.68. The molecular weight excluding hydrogens is 700 g/mol. The number of fused-ring (bicyclic) bond motifs is 1. The summed E-state index contributed by atoms with van der Waals surface area (Å²) in [4.78, 5) is 39.0. The third-order valence-electron chi connectivity index (χ3n) is 6.81. The number of carbonyl (C=O) groups excluding carboxylic acids is 3. The summed E-state index contributed by atoms with van der Waals surface area (Å²) in [7, 11) is 1.44. The lowest BCUT2D eigenvalue weighted by Gasteiger charge is -2.27. The number of halogens is 5. The van der Waals surface area contributed by atoms with Crippen molar-refractivity contribution >= 4 is 74.6 Å². The van der Waals surface area contributed by atoms with Crippen LogP contribution in [0.5, 0.6) is 11.5 Å². The molecule has 1 saturated heterocycles. The van der Waals surface area contributed by atoms with Crippen LogP contribution in [0.4, 0.5) is 23.7 Å². The summed E-state index contributed by atoms with van der Waals surface area (Å²) in [5.74, 6) is -1.41. The van der Waals surface area contributed by atoms with E-state index < -0.39 is 40.8 Å². The molecule has 0 aromatic heterocycles. The van der Waals surface area contributed by atoms with Crippen LogP contribution in [0.15, 0.2) is 72.3 Å². The minimum atomic E-state index is -4.76. The molecule has 5 rings (SSSR count). The number of anilines is 1. The number of nitrogens with one attached hydrogen (secondary N) is 1. The van der Waals surface area contributed by atoms with Gasteiger partial charge in [0.25, 0.3) is 11.8 Å². The zero-order chi connectivity index (χ0) is 31.1. The fraction of sp³-hybridized carbons (Fsp3) is 0.129. The standard InChI is InChI=1S/C31H21ClF3IN2O5/c1-16-7-8-18-5-3-4-6-20(18)22(16)15-43-27-24(36)12-17(13-26(27)42-2)11-21-28(39)37-30(41)38(29(21)40)25-14-19(31(33,34)35)9-10-23(25)32/h3-14H,15H2,1-2H3,(H,37,39,41)/b21-11-. The molecule has 0 unspecified atom stereocenters. The topological polar surface area (TPSA) is 84.9 Å². The van der Waals surface area contributed by atoms with Crippen molar-refractivity contribution in [2.24, 2.45) is 0 Å². The van der Waals surface area contributed by atoms with Crippen LogP contribution in [0.1, 0.15) is 22.3 Å². The SMILES string of the molecule is COc1cc(/C=C2/C(=O)NC(=O)N(c3cc(C(F)(F)F)ccc3Cl)C2=O)cc(I)c1OCc1c(C)ccc2ccccc12. The Morgan fingerprint density at radius 2 is 1.77 bits per heavy atom. The van der Waals surface area contributed by atoms with Crippen molar-refractivity contribution in [3.8, 4) is 11.5 Å². The van der Waals surface area contributed by atoms with Gasteiger partial charge in [-0.25, -0.2) is 9.69 Å². The van der Waals surface area contributed by atoms with Crippen LogP contribution in [0.2, 0.25) is 5.02 Å². The Balaban J connectivity index is 1.48. The van der Waals surface area contributed by atoms with Crippen LogP contribution in [0.25, 0.3) is 16.8 Å². The van der Waals surface area contributed by atoms with E-state index in [-0.39, 0.29) is 11.6 Å². The molecule has 4 aromatic carbocycles. The van der Waals surface area contributed by atoms with Gasteiger partial charge in [-0.1, -0.05) is 48.0 Å². The van der Waals surface area contributed by atoms with Crippen molar-refractivity contribution in [2.45, 2.75) is 19.7 Å². The van der Waals surface area contributed by atoms with E-state index in [0.717, 1.165) is 34.0 Å². The van der Waals surface area contributed by atoms with Gasteiger partial charge in [-0.3, -0.25) is 14.9 Å². The molecule has 0 radical (unpaired) electrons. The Morgan fingerprint density at radius 3 is 2.49 bits per heavy atom. The van der Waals surface area contributed by atoms with Gasteiger partial charge in [0.2, 0.25) is 0 Å². The number of nitrogens with zero attached hydrogens (tertiary/aromatic N) is 1. The number of benzene rings is 4. The monoisotopic (exact) mass is 720 g/mol. The van der Waals surface area contributed by atoms with E-state index in [1.807, 2.05) is 71.2 Å². The molecule has 1 N–H and O–H groups in total. The minimum absolute atomic E-state index is 0.246. The molecule has 4 aromatic rings. The summed E-state index contributed by atoms with van der Waals surface area (Å²) >= 11 is 8.10. The highest BCUT2D eigenvalue weighted by Gasteiger charge is 2.39. The molecule has 1 heterocycles. The van der Waals surface area contributed by atoms with E-state index >= 15 is 0 Å². The number of methoxy groups -OCH3 is 1. The van der Waals surface area contributed by atoms with E-state index in [2.05, 4.69) is 0 Å². The van der Waals surface area contributed by atoms with Crippen molar-refractivity contribution in [3.63, 3.8) is 0 Å². The maximum absolute atomic E-state index is 13.3. The third kappa shape index (κ3) is 6.04. The normalized spacial score (nSPS) is 14.8. The number of urea groups is 1. The van der Waals surface area contributed by atoms with E-state index in [1.54, 1.807) is 12.1 Å². The van der Waals surface area contributed by atoms with Crippen LogP contribution in [0, 0.1) is 10.5 Å². The predicted molar refractivity (Wildman–Crippen MR) is 164 cm³/mol. The molecule has 0 spiro atoms. The fourth-order valence-electron chi connectivity index (χ4n) is 4.65. The first-order valence-corrected chi connectivity index (χ1v) is 14.1. The van der Waals surface area contributed by atoms with Gasteiger partial charge in [0.15, 0.2) is 11.5 Å². The Kier molecular flexibility index (Phi) is 8.39. The lowest BCUT2D eigenvalue weighted by Crippen LogP contribution is -2.54. The molecular formula is C31H21ClF3IN2O5. The average Bonchev–Trinajstić information content (AvgIpc) is 2.95. The molecule has 1 aliphatic rings. The second kappa shape index (κ2) is 11.9. The minimum Gasteiger partial charge on any atom is -0.493 e. The number of rotatable bonds is 6. The maximum Gasteiger partial charge on any atom is 0.416 e. The van der Waals surface area contributed by atoms with Gasteiger partial charge in [-0.15, -0.1) is 0 Å². The highest BCUT2D eigenvalue weighted by atomic mass is 127. The van der Waals surface area contributed by atoms with Gasteiger partial charge in [0, 0.05) is 5.56 Å². The Hall–Kier alpha value is -4.10. The summed E-state index contributed by atoms with van der Waals surface area (Å²) in [6.07, 6.45) is -3.55. The van der Waals surface area contributed by atoms with E-state index in [4.69, 9.17) is 21.1 Å². The number of hydrogen-bond donors (Lipinski definition) is 1. The number of carbonyl (C=O) groups is 3. The highest BCUT2D eigenvalue weighted by Crippen LogP contribution is 2.38. The van der Waals surface area contributed by atoms with Crippen molar-refractivity contribution in [3.05, 3.63) is 103 Å². The molecule has 43 heavy (non-hydrogen) atoms. The summed E-state index contributed by atoms with van der Waals surface area (Å²) in [5, 5.41) is 3.83. The average molecular weight is 721 g/mol. The number of amides is 4. The smallest absolute Gasteiger partial charge is 0.416 e. The van der Waals surface area contributed by atoms with Gasteiger partial charge >= 0.3 is 12.2 Å². The first-order chi connectivity index (χ1) is 20.4. The Labute approximate surface area is 262 Å². The van der Waals surface area contributed by atoms with Crippen LogP contribution < -0.4 is 19.7 Å². The number of barbiturate groups is 1. The highest BCUT2D eigenvalue weighted by molar-refractivity contribution is 14.1. The van der Waals surface area contributed by atoms with Crippen LogP contribution in [-0.4, -0.2) is 25.0 Å². The molecule has 1 fully saturated rings. The molecule has 0 atom stereocenters. The van der Waals surface area contributed by atoms with Crippen molar-refractivity contribution in [1.29, 1.82) is 0 Å². The molecule has 4 amide bonds. The summed E-state index contributed by atoms with van der Waals surface area (Å²) in [6.45, 7) is 2.24. The van der Waals surface area contributed by atoms with Gasteiger partial charge in [0.05, 0.1) is 27.0 Å². The number of imide groups is 2. The van der Waals surface area contributed by atoms with Gasteiger partial charge in [-0.05, 0) is 87.8 Å². The zero-order valence-electron chi connectivity index (χ0n) is 22.5. The van der Waals surface area contributed by atoms with Crippen molar-refractivity contribution in [2.75, 3.05) is 12.0 Å². The zero-order valence-corrected chi connectivity index (χ0v) is 25.4. The van der Waals surface area contributed by atoms with Crippen molar-refractivity contribution in [1.82, 2.24) is 5.32 Å². The molecule has 0 bridgehead atoms. The second-order valence-corrected chi connectivity index (χ2v) is 11.1. The molecule has 12 heteroatoms. The number of hydrogen-bond acceptors (Lipinski definition) is 5.